The predicted octanol–water partition coefficient (Wildman–Crippen LogP) is 4.79. The molecule has 8 nitrogen and oxygen atoms in total. The summed E-state index contributed by atoms with van der Waals surface area (Å²) < 4.78 is 15.3. The van der Waals surface area contributed by atoms with E-state index in [9.17, 15) is 14.4 Å². The lowest BCUT2D eigenvalue weighted by molar-refractivity contribution is -0.123. The van der Waals surface area contributed by atoms with Crippen molar-refractivity contribution in [2.24, 2.45) is 0 Å². The van der Waals surface area contributed by atoms with Gasteiger partial charge in [-0.25, -0.2) is 4.79 Å². The van der Waals surface area contributed by atoms with E-state index in [-0.39, 0.29) is 30.8 Å². The van der Waals surface area contributed by atoms with Gasteiger partial charge in [-0.15, -0.1) is 0 Å². The van der Waals surface area contributed by atoms with Crippen molar-refractivity contribution in [2.75, 3.05) is 18.5 Å². The van der Waals surface area contributed by atoms with Crippen LogP contribution in [0, 0.1) is 13.8 Å². The summed E-state index contributed by atoms with van der Waals surface area (Å²) in [6.07, 6.45) is -0.801. The Kier molecular flexibility index (Phi) is 8.83. The number of anilines is 1. The first-order chi connectivity index (χ1) is 16.9. The average molecular weight is 477 g/mol. The lowest BCUT2D eigenvalue weighted by Gasteiger charge is -2.12. The molecule has 3 aromatic carbocycles. The van der Waals surface area contributed by atoms with Crippen LogP contribution in [0.1, 0.15) is 34.0 Å². The molecule has 0 heterocycles. The molecule has 0 aromatic heterocycles. The van der Waals surface area contributed by atoms with Crippen LogP contribution in [0.2, 0.25) is 0 Å². The number of hydrogen-bond acceptors (Lipinski definition) is 6. The normalized spacial score (nSPS) is 10.3. The predicted molar refractivity (Wildman–Crippen MR) is 132 cm³/mol. The molecule has 2 N–H and O–H groups in total. The van der Waals surface area contributed by atoms with Crippen LogP contribution in [0.4, 0.5) is 10.5 Å². The SMILES string of the molecule is CCOC(=O)Oc1ccc(C(=O)Nc2cccc(CNC(=O)COc3cccc(C)c3C)c2)cc1. The van der Waals surface area contributed by atoms with E-state index in [1.165, 1.54) is 12.1 Å². The molecule has 0 saturated carbocycles. The molecule has 182 valence electrons. The molecule has 0 saturated heterocycles. The molecule has 0 radical (unpaired) electrons. The maximum Gasteiger partial charge on any atom is 0.513 e. The fourth-order valence-electron chi connectivity index (χ4n) is 3.16. The minimum Gasteiger partial charge on any atom is -0.483 e. The van der Waals surface area contributed by atoms with Crippen molar-refractivity contribution in [3.8, 4) is 11.5 Å². The number of ether oxygens (including phenoxy) is 3. The highest BCUT2D eigenvalue weighted by Crippen LogP contribution is 2.20. The summed E-state index contributed by atoms with van der Waals surface area (Å²) >= 11 is 0. The largest absolute Gasteiger partial charge is 0.513 e. The molecule has 3 aromatic rings. The van der Waals surface area contributed by atoms with Gasteiger partial charge in [0.15, 0.2) is 6.61 Å². The molecule has 35 heavy (non-hydrogen) atoms. The Balaban J connectivity index is 1.50. The van der Waals surface area contributed by atoms with Gasteiger partial charge in [-0.1, -0.05) is 24.3 Å². The minimum atomic E-state index is -0.801. The molecule has 0 aliphatic carbocycles. The molecular formula is C27H28N2O6. The fourth-order valence-corrected chi connectivity index (χ4v) is 3.16. The number of carbonyl (C=O) groups excluding carboxylic acids is 3. The number of nitrogens with one attached hydrogen (secondary N) is 2. The zero-order valence-corrected chi connectivity index (χ0v) is 19.9. The van der Waals surface area contributed by atoms with Crippen molar-refractivity contribution in [1.82, 2.24) is 5.32 Å². The molecule has 2 amide bonds. The fraction of sp³-hybridized carbons (Fsp3) is 0.222. The molecule has 0 fully saturated rings. The molecule has 0 bridgehead atoms. The lowest BCUT2D eigenvalue weighted by atomic mass is 10.1. The van der Waals surface area contributed by atoms with Crippen LogP contribution in [-0.2, 0) is 16.1 Å². The maximum atomic E-state index is 12.6. The van der Waals surface area contributed by atoms with Gasteiger partial charge in [0, 0.05) is 17.8 Å². The number of benzene rings is 3. The number of rotatable bonds is 9. The summed E-state index contributed by atoms with van der Waals surface area (Å²) in [7, 11) is 0. The van der Waals surface area contributed by atoms with Gasteiger partial charge in [-0.2, -0.15) is 0 Å². The third-order valence-electron chi connectivity index (χ3n) is 5.17. The molecule has 0 spiro atoms. The molecule has 3 rings (SSSR count). The monoisotopic (exact) mass is 476 g/mol. The van der Waals surface area contributed by atoms with E-state index in [1.54, 1.807) is 37.3 Å². The summed E-state index contributed by atoms with van der Waals surface area (Å²) in [6, 6.07) is 19.0. The van der Waals surface area contributed by atoms with Gasteiger partial charge in [-0.3, -0.25) is 9.59 Å². The third-order valence-corrected chi connectivity index (χ3v) is 5.17. The van der Waals surface area contributed by atoms with Gasteiger partial charge >= 0.3 is 6.16 Å². The lowest BCUT2D eigenvalue weighted by Crippen LogP contribution is -2.28. The van der Waals surface area contributed by atoms with Gasteiger partial charge in [0.05, 0.1) is 6.61 Å². The number of amides is 2. The van der Waals surface area contributed by atoms with Crippen LogP contribution >= 0.6 is 0 Å². The quantitative estimate of drug-likeness (QED) is 0.340. The smallest absolute Gasteiger partial charge is 0.483 e. The van der Waals surface area contributed by atoms with E-state index in [4.69, 9.17) is 14.2 Å². The second-order valence-electron chi connectivity index (χ2n) is 7.73. The van der Waals surface area contributed by atoms with Crippen LogP contribution in [0.5, 0.6) is 11.5 Å². The summed E-state index contributed by atoms with van der Waals surface area (Å²) in [5.74, 6) is 0.394. The molecule has 0 unspecified atom stereocenters. The van der Waals surface area contributed by atoms with Crippen molar-refractivity contribution in [3.63, 3.8) is 0 Å². The first-order valence-corrected chi connectivity index (χ1v) is 11.2. The molecule has 0 atom stereocenters. The summed E-state index contributed by atoms with van der Waals surface area (Å²) in [6.45, 7) is 6.04. The summed E-state index contributed by atoms with van der Waals surface area (Å²) in [5.41, 5.74) is 3.90. The Morgan fingerprint density at radius 2 is 1.66 bits per heavy atom. The average Bonchev–Trinajstić information content (AvgIpc) is 2.84. The Morgan fingerprint density at radius 1 is 0.914 bits per heavy atom. The first kappa shape index (κ1) is 25.3. The zero-order chi connectivity index (χ0) is 25.2. The van der Waals surface area contributed by atoms with Crippen LogP contribution in [0.15, 0.2) is 66.7 Å². The van der Waals surface area contributed by atoms with Crippen LogP contribution < -0.4 is 20.1 Å². The Morgan fingerprint density at radius 3 is 2.40 bits per heavy atom. The highest BCUT2D eigenvalue weighted by Gasteiger charge is 2.10. The van der Waals surface area contributed by atoms with Crippen molar-refractivity contribution < 1.29 is 28.6 Å². The van der Waals surface area contributed by atoms with E-state index in [1.807, 2.05) is 38.1 Å². The van der Waals surface area contributed by atoms with Crippen molar-refractivity contribution in [3.05, 3.63) is 89.0 Å². The highest BCUT2D eigenvalue weighted by atomic mass is 16.7. The maximum absolute atomic E-state index is 12.6. The number of carbonyl (C=O) groups is 3. The standard InChI is InChI=1S/C27H28N2O6/c1-4-33-27(32)35-23-13-11-21(12-14-23)26(31)29-22-9-6-8-20(15-22)16-28-25(30)17-34-24-10-5-7-18(2)19(24)3/h5-15H,4,16-17H2,1-3H3,(H,28,30)(H,29,31). The van der Waals surface area contributed by atoms with E-state index >= 15 is 0 Å². The van der Waals surface area contributed by atoms with Crippen molar-refractivity contribution >= 4 is 23.7 Å². The van der Waals surface area contributed by atoms with Crippen molar-refractivity contribution in [1.29, 1.82) is 0 Å². The van der Waals surface area contributed by atoms with E-state index in [2.05, 4.69) is 10.6 Å². The van der Waals surface area contributed by atoms with Gasteiger partial charge in [0.2, 0.25) is 0 Å². The van der Waals surface area contributed by atoms with Gasteiger partial charge in [0.25, 0.3) is 11.8 Å². The van der Waals surface area contributed by atoms with Gasteiger partial charge < -0.3 is 24.8 Å². The zero-order valence-electron chi connectivity index (χ0n) is 19.9. The van der Waals surface area contributed by atoms with Crippen LogP contribution in [0.3, 0.4) is 0 Å². The van der Waals surface area contributed by atoms with E-state index in [0.29, 0.717) is 23.5 Å². The Hall–Kier alpha value is -4.33. The van der Waals surface area contributed by atoms with E-state index in [0.717, 1.165) is 16.7 Å². The third kappa shape index (κ3) is 7.60. The van der Waals surface area contributed by atoms with Crippen LogP contribution in [-0.4, -0.2) is 31.2 Å². The minimum absolute atomic E-state index is 0.0867. The Bertz CT molecular complexity index is 1190. The summed E-state index contributed by atoms with van der Waals surface area (Å²) in [5, 5.41) is 5.63. The number of hydrogen-bond donors (Lipinski definition) is 2. The highest BCUT2D eigenvalue weighted by molar-refractivity contribution is 6.04. The number of aryl methyl sites for hydroxylation is 1. The first-order valence-electron chi connectivity index (χ1n) is 11.2. The van der Waals surface area contributed by atoms with Crippen molar-refractivity contribution in [2.45, 2.75) is 27.3 Å². The van der Waals surface area contributed by atoms with E-state index < -0.39 is 6.16 Å². The molecule has 0 aliphatic heterocycles. The summed E-state index contributed by atoms with van der Waals surface area (Å²) in [4.78, 5) is 36.2. The molecule has 8 heteroatoms. The second-order valence-corrected chi connectivity index (χ2v) is 7.73. The molecular weight excluding hydrogens is 448 g/mol. The van der Waals surface area contributed by atoms with Crippen LogP contribution in [0.25, 0.3) is 0 Å². The topological polar surface area (TPSA) is 103 Å². The van der Waals surface area contributed by atoms with Gasteiger partial charge in [-0.05, 0) is 79.9 Å². The van der Waals surface area contributed by atoms with Gasteiger partial charge in [0.1, 0.15) is 11.5 Å². The Labute approximate surface area is 204 Å². The molecule has 0 aliphatic rings. The second kappa shape index (κ2) is 12.2.